The fraction of sp³-hybridized carbons (Fsp3) is 0.714. The van der Waals surface area contributed by atoms with Crippen molar-refractivity contribution in [2.24, 2.45) is 0 Å². The van der Waals surface area contributed by atoms with Gasteiger partial charge in [0.1, 0.15) is 0 Å². The molecule has 0 spiro atoms. The Kier molecular flexibility index (Phi) is 3.13. The summed E-state index contributed by atoms with van der Waals surface area (Å²) in [4.78, 5) is 1.01. The van der Waals surface area contributed by atoms with Crippen molar-refractivity contribution in [1.29, 1.82) is 0 Å². The van der Waals surface area contributed by atoms with Gasteiger partial charge in [0.25, 0.3) is 0 Å². The average Bonchev–Trinajstić information content (AvgIpc) is 2.03. The largest absolute Gasteiger partial charge is 0.414 e. The van der Waals surface area contributed by atoms with Gasteiger partial charge in [0.05, 0.1) is 19.3 Å². The molecular weight excluding hydrogens is 190 g/mol. The molecular formula is C7H9F4NO. The zero-order chi connectivity index (χ0) is 9.90. The number of halogens is 4. The molecule has 76 valence electrons. The summed E-state index contributed by atoms with van der Waals surface area (Å²) < 4.78 is 52.7. The maximum atomic E-state index is 12.8. The highest BCUT2D eigenvalue weighted by molar-refractivity contribution is 4.97. The summed E-state index contributed by atoms with van der Waals surface area (Å²) in [6, 6.07) is 0. The predicted octanol–water partition coefficient (Wildman–Crippen LogP) is 1.69. The summed E-state index contributed by atoms with van der Waals surface area (Å²) >= 11 is 0. The lowest BCUT2D eigenvalue weighted by Gasteiger charge is -2.26. The maximum Gasteiger partial charge on any atom is 0.414 e. The Morgan fingerprint density at radius 2 is 1.77 bits per heavy atom. The van der Waals surface area contributed by atoms with Gasteiger partial charge in [-0.15, -0.1) is 0 Å². The Labute approximate surface area is 72.8 Å². The minimum Gasteiger partial charge on any atom is -0.378 e. The minimum atomic E-state index is -4.59. The predicted molar refractivity (Wildman–Crippen MR) is 37.6 cm³/mol. The molecule has 0 unspecified atom stereocenters. The van der Waals surface area contributed by atoms with Crippen molar-refractivity contribution in [3.63, 3.8) is 0 Å². The Balaban J connectivity index is 2.54. The van der Waals surface area contributed by atoms with Gasteiger partial charge in [-0.3, -0.25) is 0 Å². The highest BCUT2D eigenvalue weighted by atomic mass is 19.4. The number of allylic oxidation sites excluding steroid dienone is 1. The third kappa shape index (κ3) is 3.63. The highest BCUT2D eigenvalue weighted by Gasteiger charge is 2.27. The first-order valence-corrected chi connectivity index (χ1v) is 3.77. The molecule has 0 aromatic rings. The molecule has 13 heavy (non-hydrogen) atoms. The maximum absolute atomic E-state index is 12.8. The van der Waals surface area contributed by atoms with Crippen molar-refractivity contribution < 1.29 is 22.3 Å². The van der Waals surface area contributed by atoms with Crippen LogP contribution in [0.25, 0.3) is 0 Å². The van der Waals surface area contributed by atoms with Gasteiger partial charge in [-0.05, 0) is 0 Å². The topological polar surface area (TPSA) is 12.5 Å². The molecule has 0 bridgehead atoms. The first-order chi connectivity index (χ1) is 5.99. The summed E-state index contributed by atoms with van der Waals surface area (Å²) in [6.45, 7) is 0.856. The average molecular weight is 199 g/mol. The molecule has 1 fully saturated rings. The molecule has 0 N–H and O–H groups in total. The first kappa shape index (κ1) is 10.3. The standard InChI is InChI=1S/C7H9F4NO/c8-6(5-7(9,10)11)12-1-3-13-4-2-12/h5H,1-4H2/b6-5+. The van der Waals surface area contributed by atoms with E-state index in [-0.39, 0.29) is 32.4 Å². The van der Waals surface area contributed by atoms with E-state index >= 15 is 0 Å². The van der Waals surface area contributed by atoms with Crippen LogP contribution in [0.3, 0.4) is 0 Å². The van der Waals surface area contributed by atoms with Gasteiger partial charge < -0.3 is 9.64 Å². The second kappa shape index (κ2) is 3.95. The number of ether oxygens (including phenoxy) is 1. The van der Waals surface area contributed by atoms with Gasteiger partial charge in [-0.2, -0.15) is 17.6 Å². The SMILES string of the molecule is F/C(=C\C(F)(F)F)N1CCOCC1. The highest BCUT2D eigenvalue weighted by Crippen LogP contribution is 2.21. The number of hydrogen-bond acceptors (Lipinski definition) is 2. The van der Waals surface area contributed by atoms with Crippen LogP contribution in [0.4, 0.5) is 17.6 Å². The molecule has 2 nitrogen and oxygen atoms in total. The normalized spacial score (nSPS) is 20.6. The first-order valence-electron chi connectivity index (χ1n) is 3.77. The Morgan fingerprint density at radius 1 is 1.23 bits per heavy atom. The van der Waals surface area contributed by atoms with Crippen LogP contribution in [0.5, 0.6) is 0 Å². The number of morpholine rings is 1. The van der Waals surface area contributed by atoms with Crippen LogP contribution < -0.4 is 0 Å². The van der Waals surface area contributed by atoms with Crippen LogP contribution in [0.2, 0.25) is 0 Å². The zero-order valence-electron chi connectivity index (χ0n) is 6.77. The molecule has 0 aliphatic carbocycles. The van der Waals surface area contributed by atoms with E-state index in [4.69, 9.17) is 4.74 Å². The second-order valence-electron chi connectivity index (χ2n) is 2.61. The molecule has 1 rings (SSSR count). The van der Waals surface area contributed by atoms with E-state index in [2.05, 4.69) is 0 Å². The molecule has 0 atom stereocenters. The van der Waals surface area contributed by atoms with E-state index in [1.54, 1.807) is 0 Å². The quantitative estimate of drug-likeness (QED) is 0.470. The molecule has 0 amide bonds. The summed E-state index contributed by atoms with van der Waals surface area (Å²) in [7, 11) is 0. The molecule has 1 aliphatic heterocycles. The zero-order valence-corrected chi connectivity index (χ0v) is 6.77. The van der Waals surface area contributed by atoms with Crippen molar-refractivity contribution in [2.45, 2.75) is 6.18 Å². The van der Waals surface area contributed by atoms with Crippen LogP contribution in [0, 0.1) is 0 Å². The van der Waals surface area contributed by atoms with Crippen LogP contribution in [-0.2, 0) is 4.74 Å². The van der Waals surface area contributed by atoms with Crippen molar-refractivity contribution in [3.05, 3.63) is 12.0 Å². The fourth-order valence-electron chi connectivity index (χ4n) is 1.00. The van der Waals surface area contributed by atoms with E-state index in [0.717, 1.165) is 4.90 Å². The monoisotopic (exact) mass is 199 g/mol. The molecule has 0 saturated carbocycles. The number of alkyl halides is 3. The molecule has 0 aromatic heterocycles. The number of rotatable bonds is 1. The van der Waals surface area contributed by atoms with Gasteiger partial charge >= 0.3 is 6.18 Å². The summed E-state index contributed by atoms with van der Waals surface area (Å²) in [5, 5.41) is 0. The van der Waals surface area contributed by atoms with Crippen molar-refractivity contribution in [1.82, 2.24) is 4.90 Å². The van der Waals surface area contributed by atoms with Crippen LogP contribution >= 0.6 is 0 Å². The molecule has 6 heteroatoms. The van der Waals surface area contributed by atoms with E-state index in [0.29, 0.717) is 0 Å². The number of hydrogen-bond donors (Lipinski definition) is 0. The van der Waals surface area contributed by atoms with Gasteiger partial charge in [0.2, 0.25) is 0 Å². The molecule has 0 radical (unpaired) electrons. The van der Waals surface area contributed by atoms with Crippen molar-refractivity contribution in [2.75, 3.05) is 26.3 Å². The molecule has 0 aromatic carbocycles. The van der Waals surface area contributed by atoms with Gasteiger partial charge in [-0.1, -0.05) is 0 Å². The lowest BCUT2D eigenvalue weighted by atomic mass is 10.4. The van der Waals surface area contributed by atoms with E-state index < -0.39 is 12.1 Å². The Hall–Kier alpha value is -0.780. The Morgan fingerprint density at radius 3 is 2.23 bits per heavy atom. The van der Waals surface area contributed by atoms with Crippen LogP contribution in [0.1, 0.15) is 0 Å². The number of nitrogens with zero attached hydrogens (tertiary/aromatic N) is 1. The summed E-state index contributed by atoms with van der Waals surface area (Å²) in [5.74, 6) is -1.24. The third-order valence-corrected chi connectivity index (χ3v) is 1.60. The van der Waals surface area contributed by atoms with E-state index in [9.17, 15) is 17.6 Å². The van der Waals surface area contributed by atoms with Crippen molar-refractivity contribution in [3.8, 4) is 0 Å². The fourth-order valence-corrected chi connectivity index (χ4v) is 1.00. The van der Waals surface area contributed by atoms with Gasteiger partial charge in [0, 0.05) is 13.1 Å². The third-order valence-electron chi connectivity index (χ3n) is 1.60. The van der Waals surface area contributed by atoms with Gasteiger partial charge in [0.15, 0.2) is 5.95 Å². The Bertz CT molecular complexity index is 195. The smallest absolute Gasteiger partial charge is 0.378 e. The van der Waals surface area contributed by atoms with E-state index in [1.807, 2.05) is 0 Å². The van der Waals surface area contributed by atoms with Crippen LogP contribution in [-0.4, -0.2) is 37.4 Å². The summed E-state index contributed by atoms with van der Waals surface area (Å²) in [5.41, 5.74) is 0. The lowest BCUT2D eigenvalue weighted by molar-refractivity contribution is -0.0839. The second-order valence-corrected chi connectivity index (χ2v) is 2.61. The minimum absolute atomic E-state index is 0.165. The molecule has 1 saturated heterocycles. The molecule has 1 aliphatic rings. The van der Waals surface area contributed by atoms with Crippen LogP contribution in [0.15, 0.2) is 12.0 Å². The van der Waals surface area contributed by atoms with E-state index in [1.165, 1.54) is 0 Å². The lowest BCUT2D eigenvalue weighted by Crippen LogP contribution is -2.35. The van der Waals surface area contributed by atoms with Gasteiger partial charge in [-0.25, -0.2) is 0 Å². The van der Waals surface area contributed by atoms with Crippen molar-refractivity contribution >= 4 is 0 Å². The molecule has 1 heterocycles. The summed E-state index contributed by atoms with van der Waals surface area (Å²) in [6.07, 6.45) is -4.93.